The molecule has 13 heavy (non-hydrogen) atoms. The molecule has 0 radical (unpaired) electrons. The Balaban J connectivity index is 2.13. The highest BCUT2D eigenvalue weighted by Crippen LogP contribution is 2.29. The summed E-state index contributed by atoms with van der Waals surface area (Å²) in [7, 11) is 0. The van der Waals surface area contributed by atoms with Gasteiger partial charge in [-0.3, -0.25) is 4.68 Å². The van der Waals surface area contributed by atoms with Crippen LogP contribution in [0.15, 0.2) is 6.20 Å². The Hall–Kier alpha value is -0.540. The Morgan fingerprint density at radius 1 is 1.69 bits per heavy atom. The summed E-state index contributed by atoms with van der Waals surface area (Å²) in [5, 5.41) is 4.95. The van der Waals surface area contributed by atoms with E-state index in [-0.39, 0.29) is 5.41 Å². The SMILES string of the molecule is Cc1c(Cl)cnn1CC1(C)COC1. The monoisotopic (exact) mass is 200 g/mol. The molecule has 0 bridgehead atoms. The van der Waals surface area contributed by atoms with Gasteiger partial charge < -0.3 is 4.74 Å². The fraction of sp³-hybridized carbons (Fsp3) is 0.667. The maximum atomic E-state index is 5.90. The van der Waals surface area contributed by atoms with Gasteiger partial charge in [0, 0.05) is 5.41 Å². The maximum absolute atomic E-state index is 5.90. The van der Waals surface area contributed by atoms with Gasteiger partial charge in [-0.15, -0.1) is 0 Å². The van der Waals surface area contributed by atoms with Gasteiger partial charge in [-0.1, -0.05) is 18.5 Å². The molecule has 1 aliphatic heterocycles. The number of aromatic nitrogens is 2. The molecular formula is C9H13ClN2O. The smallest absolute Gasteiger partial charge is 0.0814 e. The molecule has 0 spiro atoms. The molecule has 0 unspecified atom stereocenters. The molecule has 72 valence electrons. The minimum atomic E-state index is 0.250. The molecule has 4 heteroatoms. The van der Waals surface area contributed by atoms with Crippen molar-refractivity contribution in [1.29, 1.82) is 0 Å². The van der Waals surface area contributed by atoms with Gasteiger partial charge in [0.05, 0.1) is 36.7 Å². The summed E-state index contributed by atoms with van der Waals surface area (Å²) in [6.07, 6.45) is 1.69. The molecule has 3 nitrogen and oxygen atoms in total. The number of halogens is 1. The predicted molar refractivity (Wildman–Crippen MR) is 50.9 cm³/mol. The quantitative estimate of drug-likeness (QED) is 0.729. The molecule has 0 aromatic carbocycles. The Labute approximate surface area is 82.6 Å². The van der Waals surface area contributed by atoms with Crippen molar-refractivity contribution >= 4 is 11.6 Å². The van der Waals surface area contributed by atoms with E-state index in [9.17, 15) is 0 Å². The van der Waals surface area contributed by atoms with Crippen LogP contribution in [0.25, 0.3) is 0 Å². The van der Waals surface area contributed by atoms with E-state index in [4.69, 9.17) is 16.3 Å². The van der Waals surface area contributed by atoms with E-state index in [0.717, 1.165) is 30.5 Å². The van der Waals surface area contributed by atoms with Gasteiger partial charge in [0.15, 0.2) is 0 Å². The van der Waals surface area contributed by atoms with Gasteiger partial charge in [0.1, 0.15) is 0 Å². The average molecular weight is 201 g/mol. The van der Waals surface area contributed by atoms with E-state index in [1.54, 1.807) is 6.20 Å². The van der Waals surface area contributed by atoms with Gasteiger partial charge in [-0.2, -0.15) is 5.10 Å². The van der Waals surface area contributed by atoms with E-state index < -0.39 is 0 Å². The highest BCUT2D eigenvalue weighted by Gasteiger charge is 2.34. The van der Waals surface area contributed by atoms with Gasteiger partial charge in [0.2, 0.25) is 0 Å². The summed E-state index contributed by atoms with van der Waals surface area (Å²) < 4.78 is 7.13. The summed E-state index contributed by atoms with van der Waals surface area (Å²) in [5.74, 6) is 0. The zero-order valence-corrected chi connectivity index (χ0v) is 8.64. The molecule has 0 N–H and O–H groups in total. The Bertz CT molecular complexity index is 317. The highest BCUT2D eigenvalue weighted by atomic mass is 35.5. The molecule has 0 amide bonds. The van der Waals surface area contributed by atoms with Crippen molar-refractivity contribution in [1.82, 2.24) is 9.78 Å². The molecule has 0 saturated carbocycles. The second-order valence-corrected chi connectivity index (χ2v) is 4.45. The molecule has 1 saturated heterocycles. The Morgan fingerprint density at radius 2 is 2.38 bits per heavy atom. The van der Waals surface area contributed by atoms with Crippen molar-refractivity contribution < 1.29 is 4.74 Å². The van der Waals surface area contributed by atoms with Crippen LogP contribution in [-0.4, -0.2) is 23.0 Å². The Morgan fingerprint density at radius 3 is 2.77 bits per heavy atom. The van der Waals surface area contributed by atoms with Crippen molar-refractivity contribution in [2.75, 3.05) is 13.2 Å². The van der Waals surface area contributed by atoms with Crippen LogP contribution in [0.2, 0.25) is 5.02 Å². The van der Waals surface area contributed by atoms with Gasteiger partial charge >= 0.3 is 0 Å². The van der Waals surface area contributed by atoms with Gasteiger partial charge in [0.25, 0.3) is 0 Å². The first-order valence-electron chi connectivity index (χ1n) is 4.36. The minimum absolute atomic E-state index is 0.250. The van der Waals surface area contributed by atoms with E-state index in [1.165, 1.54) is 0 Å². The van der Waals surface area contributed by atoms with Crippen LogP contribution < -0.4 is 0 Å². The van der Waals surface area contributed by atoms with Crippen molar-refractivity contribution in [2.24, 2.45) is 5.41 Å². The number of hydrogen-bond donors (Lipinski definition) is 0. The normalized spacial score (nSPS) is 19.9. The molecule has 0 aliphatic carbocycles. The zero-order valence-electron chi connectivity index (χ0n) is 7.88. The second-order valence-electron chi connectivity index (χ2n) is 4.04. The maximum Gasteiger partial charge on any atom is 0.0814 e. The summed E-state index contributed by atoms with van der Waals surface area (Å²) in [6, 6.07) is 0. The number of nitrogens with zero attached hydrogens (tertiary/aromatic N) is 2. The lowest BCUT2D eigenvalue weighted by atomic mass is 9.89. The molecule has 1 aromatic heterocycles. The minimum Gasteiger partial charge on any atom is -0.380 e. The standard InChI is InChI=1S/C9H13ClN2O/c1-7-8(10)3-11-12(7)4-9(2)5-13-6-9/h3H,4-6H2,1-2H3. The highest BCUT2D eigenvalue weighted by molar-refractivity contribution is 6.31. The van der Waals surface area contributed by atoms with Gasteiger partial charge in [-0.05, 0) is 6.92 Å². The average Bonchev–Trinajstić information content (AvgIpc) is 2.33. The van der Waals surface area contributed by atoms with Crippen LogP contribution in [-0.2, 0) is 11.3 Å². The molecule has 1 fully saturated rings. The first-order valence-corrected chi connectivity index (χ1v) is 4.74. The summed E-state index contributed by atoms with van der Waals surface area (Å²) >= 11 is 5.90. The summed E-state index contributed by atoms with van der Waals surface area (Å²) in [6.45, 7) is 6.73. The van der Waals surface area contributed by atoms with Crippen molar-refractivity contribution in [3.05, 3.63) is 16.9 Å². The van der Waals surface area contributed by atoms with E-state index in [0.29, 0.717) is 0 Å². The van der Waals surface area contributed by atoms with Crippen LogP contribution in [0.5, 0.6) is 0 Å². The fourth-order valence-electron chi connectivity index (χ4n) is 1.49. The third kappa shape index (κ3) is 1.58. The molecule has 2 rings (SSSR count). The second kappa shape index (κ2) is 3.00. The Kier molecular flexibility index (Phi) is 2.08. The van der Waals surface area contributed by atoms with Crippen LogP contribution >= 0.6 is 11.6 Å². The third-order valence-corrected chi connectivity index (χ3v) is 2.85. The lowest BCUT2D eigenvalue weighted by Gasteiger charge is -2.38. The first kappa shape index (κ1) is 9.03. The van der Waals surface area contributed by atoms with E-state index in [1.807, 2.05) is 11.6 Å². The van der Waals surface area contributed by atoms with Crippen molar-refractivity contribution in [3.8, 4) is 0 Å². The van der Waals surface area contributed by atoms with Gasteiger partial charge in [-0.25, -0.2) is 0 Å². The van der Waals surface area contributed by atoms with E-state index >= 15 is 0 Å². The molecular weight excluding hydrogens is 188 g/mol. The van der Waals surface area contributed by atoms with Crippen LogP contribution in [0.4, 0.5) is 0 Å². The summed E-state index contributed by atoms with van der Waals surface area (Å²) in [4.78, 5) is 0. The summed E-state index contributed by atoms with van der Waals surface area (Å²) in [5.41, 5.74) is 1.29. The molecule has 1 aromatic rings. The van der Waals surface area contributed by atoms with Crippen LogP contribution in [0.1, 0.15) is 12.6 Å². The van der Waals surface area contributed by atoms with Crippen molar-refractivity contribution in [3.63, 3.8) is 0 Å². The molecule has 2 heterocycles. The van der Waals surface area contributed by atoms with E-state index in [2.05, 4.69) is 12.0 Å². The largest absolute Gasteiger partial charge is 0.380 e. The lowest BCUT2D eigenvalue weighted by Crippen LogP contribution is -2.43. The zero-order chi connectivity index (χ0) is 9.47. The van der Waals surface area contributed by atoms with Crippen molar-refractivity contribution in [2.45, 2.75) is 20.4 Å². The lowest BCUT2D eigenvalue weighted by molar-refractivity contribution is -0.111. The number of ether oxygens (including phenoxy) is 1. The third-order valence-electron chi connectivity index (χ3n) is 2.48. The number of hydrogen-bond acceptors (Lipinski definition) is 2. The predicted octanol–water partition coefficient (Wildman–Crippen LogP) is 1.88. The molecule has 0 atom stereocenters. The molecule has 1 aliphatic rings. The van der Waals surface area contributed by atoms with Crippen LogP contribution in [0, 0.1) is 12.3 Å². The fourth-order valence-corrected chi connectivity index (χ4v) is 1.63. The number of rotatable bonds is 2. The topological polar surface area (TPSA) is 27.1 Å². The van der Waals surface area contributed by atoms with Crippen LogP contribution in [0.3, 0.4) is 0 Å². The first-order chi connectivity index (χ1) is 6.11.